The summed E-state index contributed by atoms with van der Waals surface area (Å²) in [5, 5.41) is 3.32. The first kappa shape index (κ1) is 18.1. The monoisotopic (exact) mass is 358 g/mol. The summed E-state index contributed by atoms with van der Waals surface area (Å²) in [4.78, 5) is 0. The Morgan fingerprint density at radius 2 is 1.70 bits per heavy atom. The highest BCUT2D eigenvalue weighted by atomic mass is 14.8. The number of allylic oxidation sites excluding steroid dienone is 3. The number of benzene rings is 2. The topological polar surface area (TPSA) is 38.0 Å². The largest absolute Gasteiger partial charge is 0.391 e. The van der Waals surface area contributed by atoms with Crippen LogP contribution >= 0.6 is 0 Å². The van der Waals surface area contributed by atoms with Crippen LogP contribution in [0.1, 0.15) is 31.2 Å². The van der Waals surface area contributed by atoms with Gasteiger partial charge in [-0.1, -0.05) is 66.2 Å². The Morgan fingerprint density at radius 1 is 0.926 bits per heavy atom. The molecule has 2 nitrogen and oxygen atoms in total. The average Bonchev–Trinajstić information content (AvgIpc) is 3.54. The maximum absolute atomic E-state index is 6.72. The van der Waals surface area contributed by atoms with Crippen LogP contribution in [0.4, 0.5) is 0 Å². The van der Waals surface area contributed by atoms with E-state index in [2.05, 4.69) is 72.1 Å². The van der Waals surface area contributed by atoms with Crippen molar-refractivity contribution in [3.05, 3.63) is 83.6 Å². The highest BCUT2D eigenvalue weighted by molar-refractivity contribution is 5.64. The molecule has 0 radical (unpaired) electrons. The summed E-state index contributed by atoms with van der Waals surface area (Å²) in [5.41, 5.74) is 13.6. The van der Waals surface area contributed by atoms with E-state index in [1.807, 2.05) is 7.05 Å². The van der Waals surface area contributed by atoms with Gasteiger partial charge in [0, 0.05) is 18.8 Å². The predicted octanol–water partition coefficient (Wildman–Crippen LogP) is 5.07. The van der Waals surface area contributed by atoms with E-state index in [9.17, 15) is 0 Å². The summed E-state index contributed by atoms with van der Waals surface area (Å²) in [5.74, 6) is 1.18. The Morgan fingerprint density at radius 3 is 2.44 bits per heavy atom. The van der Waals surface area contributed by atoms with Crippen LogP contribution in [0.3, 0.4) is 0 Å². The standard InChI is InChI=1S/C25H30N2/c1-27-22-12-14-23(20-10-11-20)24(25(26)15-13-22)17-18-6-5-9-21(16-18)19-7-3-2-4-8-19/h2-9,12,14,16,20,24-25,27H,10-11,13,15,17,26H2,1H3/b22-12-,23-14-. The van der Waals surface area contributed by atoms with E-state index in [4.69, 9.17) is 5.73 Å². The van der Waals surface area contributed by atoms with E-state index >= 15 is 0 Å². The third-order valence-electron chi connectivity index (χ3n) is 6.03. The van der Waals surface area contributed by atoms with Crippen molar-refractivity contribution in [2.24, 2.45) is 17.6 Å². The third kappa shape index (κ3) is 4.33. The number of nitrogens with one attached hydrogen (secondary N) is 1. The number of hydrogen-bond donors (Lipinski definition) is 2. The molecule has 2 heteroatoms. The molecule has 0 aliphatic heterocycles. The molecule has 140 valence electrons. The molecular formula is C25H30N2. The summed E-state index contributed by atoms with van der Waals surface area (Å²) < 4.78 is 0. The Bertz CT molecular complexity index is 830. The van der Waals surface area contributed by atoms with Crippen molar-refractivity contribution in [2.45, 2.75) is 38.1 Å². The van der Waals surface area contributed by atoms with E-state index < -0.39 is 0 Å². The maximum Gasteiger partial charge on any atom is 0.0112 e. The minimum absolute atomic E-state index is 0.217. The molecule has 2 unspecified atom stereocenters. The molecule has 27 heavy (non-hydrogen) atoms. The van der Waals surface area contributed by atoms with Crippen molar-refractivity contribution < 1.29 is 0 Å². The summed E-state index contributed by atoms with van der Waals surface area (Å²) in [6, 6.07) is 19.9. The summed E-state index contributed by atoms with van der Waals surface area (Å²) >= 11 is 0. The van der Waals surface area contributed by atoms with Gasteiger partial charge >= 0.3 is 0 Å². The Labute approximate surface area is 163 Å². The Balaban J connectivity index is 1.62. The van der Waals surface area contributed by atoms with Gasteiger partial charge in [0.2, 0.25) is 0 Å². The number of nitrogens with two attached hydrogens (primary N) is 1. The van der Waals surface area contributed by atoms with Crippen molar-refractivity contribution >= 4 is 0 Å². The van der Waals surface area contributed by atoms with Gasteiger partial charge in [0.05, 0.1) is 0 Å². The minimum Gasteiger partial charge on any atom is -0.391 e. The zero-order valence-electron chi connectivity index (χ0n) is 16.2. The minimum atomic E-state index is 0.217. The van der Waals surface area contributed by atoms with Gasteiger partial charge in [0.15, 0.2) is 0 Å². The number of hydrogen-bond acceptors (Lipinski definition) is 2. The lowest BCUT2D eigenvalue weighted by molar-refractivity contribution is 0.429. The van der Waals surface area contributed by atoms with E-state index in [1.165, 1.54) is 35.2 Å². The van der Waals surface area contributed by atoms with E-state index in [-0.39, 0.29) is 6.04 Å². The first-order valence-electron chi connectivity index (χ1n) is 10.2. The van der Waals surface area contributed by atoms with Gasteiger partial charge in [-0.2, -0.15) is 0 Å². The normalized spacial score (nSPS) is 26.9. The second-order valence-electron chi connectivity index (χ2n) is 7.96. The molecule has 2 atom stereocenters. The summed E-state index contributed by atoms with van der Waals surface area (Å²) in [7, 11) is 2.01. The van der Waals surface area contributed by atoms with Crippen molar-refractivity contribution in [1.82, 2.24) is 5.32 Å². The van der Waals surface area contributed by atoms with Crippen LogP contribution in [0.25, 0.3) is 11.1 Å². The second kappa shape index (κ2) is 8.14. The van der Waals surface area contributed by atoms with Gasteiger partial charge in [-0.05, 0) is 66.7 Å². The van der Waals surface area contributed by atoms with Crippen LogP contribution in [0.15, 0.2) is 78.0 Å². The molecule has 4 rings (SSSR count). The Kier molecular flexibility index (Phi) is 5.45. The van der Waals surface area contributed by atoms with Crippen molar-refractivity contribution in [3.63, 3.8) is 0 Å². The van der Waals surface area contributed by atoms with E-state index in [0.717, 1.165) is 25.2 Å². The molecule has 0 saturated heterocycles. The van der Waals surface area contributed by atoms with Crippen molar-refractivity contribution in [1.29, 1.82) is 0 Å². The van der Waals surface area contributed by atoms with Gasteiger partial charge in [-0.3, -0.25) is 0 Å². The highest BCUT2D eigenvalue weighted by Gasteiger charge is 2.34. The SMILES string of the molecule is CN/C1=C\C=C(\C2CC2)C(Cc2cccc(-c3ccccc3)c2)C(N)CC1. The van der Waals surface area contributed by atoms with Gasteiger partial charge in [0.1, 0.15) is 0 Å². The molecule has 1 saturated carbocycles. The zero-order chi connectivity index (χ0) is 18.6. The van der Waals surface area contributed by atoms with Gasteiger partial charge in [0.25, 0.3) is 0 Å². The van der Waals surface area contributed by atoms with Crippen LogP contribution in [0.2, 0.25) is 0 Å². The molecule has 2 aliphatic carbocycles. The lowest BCUT2D eigenvalue weighted by Gasteiger charge is -2.29. The van der Waals surface area contributed by atoms with Crippen LogP contribution in [-0.2, 0) is 6.42 Å². The van der Waals surface area contributed by atoms with Gasteiger partial charge in [-0.15, -0.1) is 0 Å². The fraction of sp³-hybridized carbons (Fsp3) is 0.360. The quantitative estimate of drug-likeness (QED) is 0.783. The zero-order valence-corrected chi connectivity index (χ0v) is 16.2. The lowest BCUT2D eigenvalue weighted by atomic mass is 9.80. The first-order chi connectivity index (χ1) is 13.2. The fourth-order valence-corrected chi connectivity index (χ4v) is 4.27. The highest BCUT2D eigenvalue weighted by Crippen LogP contribution is 2.43. The molecule has 2 aliphatic rings. The molecule has 0 aromatic heterocycles. The molecule has 0 bridgehead atoms. The molecule has 3 N–H and O–H groups in total. The molecule has 0 spiro atoms. The van der Waals surface area contributed by atoms with E-state index in [1.54, 1.807) is 5.57 Å². The fourth-order valence-electron chi connectivity index (χ4n) is 4.27. The second-order valence-corrected chi connectivity index (χ2v) is 7.96. The summed E-state index contributed by atoms with van der Waals surface area (Å²) in [6.45, 7) is 0. The van der Waals surface area contributed by atoms with Crippen LogP contribution in [-0.4, -0.2) is 13.1 Å². The van der Waals surface area contributed by atoms with Crippen LogP contribution in [0, 0.1) is 11.8 Å². The van der Waals surface area contributed by atoms with Crippen molar-refractivity contribution in [3.8, 4) is 11.1 Å². The van der Waals surface area contributed by atoms with Gasteiger partial charge in [-0.25, -0.2) is 0 Å². The van der Waals surface area contributed by atoms with Crippen LogP contribution in [0.5, 0.6) is 0 Å². The first-order valence-corrected chi connectivity index (χ1v) is 10.2. The smallest absolute Gasteiger partial charge is 0.0112 e. The predicted molar refractivity (Wildman–Crippen MR) is 114 cm³/mol. The Hall–Kier alpha value is -2.32. The molecule has 0 amide bonds. The lowest BCUT2D eigenvalue weighted by Crippen LogP contribution is -2.34. The average molecular weight is 359 g/mol. The number of rotatable bonds is 5. The third-order valence-corrected chi connectivity index (χ3v) is 6.03. The molecule has 1 fully saturated rings. The maximum atomic E-state index is 6.72. The van der Waals surface area contributed by atoms with Crippen LogP contribution < -0.4 is 11.1 Å². The summed E-state index contributed by atoms with van der Waals surface area (Å²) in [6.07, 6.45) is 10.4. The molecule has 2 aromatic carbocycles. The molecular weight excluding hydrogens is 328 g/mol. The van der Waals surface area contributed by atoms with Crippen molar-refractivity contribution in [2.75, 3.05) is 7.05 Å². The van der Waals surface area contributed by atoms with E-state index in [0.29, 0.717) is 5.92 Å². The molecule has 0 heterocycles. The van der Waals surface area contributed by atoms with Gasteiger partial charge < -0.3 is 11.1 Å². The molecule has 2 aromatic rings.